The molecular weight excluding hydrogens is 484 g/mol. The Morgan fingerprint density at radius 3 is 3.03 bits per heavy atom. The van der Waals surface area contributed by atoms with Crippen molar-refractivity contribution < 1.29 is 4.39 Å². The van der Waals surface area contributed by atoms with Gasteiger partial charge in [-0.1, -0.05) is 0 Å². The Kier molecular flexibility index (Phi) is 7.45. The minimum absolute atomic E-state index is 0. The summed E-state index contributed by atoms with van der Waals surface area (Å²) in [5.41, 5.74) is 2.04. The fourth-order valence-electron chi connectivity index (χ4n) is 3.65. The predicted octanol–water partition coefficient (Wildman–Crippen LogP) is 3.15. The van der Waals surface area contributed by atoms with Gasteiger partial charge < -0.3 is 20.2 Å². The molecule has 0 unspecified atom stereocenters. The van der Waals surface area contributed by atoms with Gasteiger partial charge in [0.2, 0.25) is 0 Å². The average molecular weight is 511 g/mol. The zero-order valence-electron chi connectivity index (χ0n) is 16.5. The molecule has 9 heteroatoms. The van der Waals surface area contributed by atoms with E-state index in [1.54, 1.807) is 12.1 Å². The van der Waals surface area contributed by atoms with Gasteiger partial charge in [0.25, 0.3) is 0 Å². The molecule has 0 amide bonds. The minimum atomic E-state index is -0.215. The van der Waals surface area contributed by atoms with Crippen molar-refractivity contribution in [1.29, 1.82) is 0 Å². The van der Waals surface area contributed by atoms with Crippen LogP contribution < -0.4 is 10.6 Å². The van der Waals surface area contributed by atoms with Crippen LogP contribution in [0.3, 0.4) is 0 Å². The van der Waals surface area contributed by atoms with E-state index in [1.165, 1.54) is 18.9 Å². The molecule has 3 N–H and O–H groups in total. The fourth-order valence-corrected chi connectivity index (χ4v) is 3.65. The van der Waals surface area contributed by atoms with Gasteiger partial charge in [0.1, 0.15) is 18.2 Å². The molecule has 3 heterocycles. The molecule has 7 nitrogen and oxygen atoms in total. The molecule has 0 aliphatic carbocycles. The number of hydrogen-bond donors (Lipinski definition) is 3. The molecule has 0 bridgehead atoms. The van der Waals surface area contributed by atoms with E-state index in [9.17, 15) is 4.39 Å². The molecule has 3 aromatic rings. The Morgan fingerprint density at radius 2 is 2.17 bits per heavy atom. The number of rotatable bonds is 6. The predicted molar refractivity (Wildman–Crippen MR) is 123 cm³/mol. The summed E-state index contributed by atoms with van der Waals surface area (Å²) in [5, 5.41) is 16.1. The molecule has 0 fully saturated rings. The maximum Gasteiger partial charge on any atom is 0.191 e. The summed E-state index contributed by atoms with van der Waals surface area (Å²) in [6.45, 7) is 5.00. The maximum atomic E-state index is 13.5. The van der Waals surface area contributed by atoms with Crippen LogP contribution in [0.4, 0.5) is 4.39 Å². The fraction of sp³-hybridized carbons (Fsp3) is 0.450. The van der Waals surface area contributed by atoms with Crippen LogP contribution in [-0.2, 0) is 25.9 Å². The largest absolute Gasteiger partial charge is 0.361 e. The number of halogens is 2. The van der Waals surface area contributed by atoms with E-state index in [-0.39, 0.29) is 29.8 Å². The van der Waals surface area contributed by atoms with Crippen LogP contribution in [0, 0.1) is 5.82 Å². The molecule has 1 aliphatic heterocycles. The number of benzene rings is 1. The van der Waals surface area contributed by atoms with Gasteiger partial charge in [-0.05, 0) is 49.9 Å². The highest BCUT2D eigenvalue weighted by atomic mass is 127. The van der Waals surface area contributed by atoms with E-state index in [2.05, 4.69) is 35.4 Å². The zero-order chi connectivity index (χ0) is 19.3. The topological polar surface area (TPSA) is 82.9 Å². The third-order valence-corrected chi connectivity index (χ3v) is 5.08. The van der Waals surface area contributed by atoms with Crippen LogP contribution in [0.1, 0.15) is 37.0 Å². The number of aliphatic imine (C=N–C) groups is 1. The van der Waals surface area contributed by atoms with Crippen molar-refractivity contribution in [3.05, 3.63) is 47.4 Å². The normalized spacial score (nSPS) is 13.8. The molecule has 4 rings (SSSR count). The molecule has 1 aliphatic rings. The van der Waals surface area contributed by atoms with E-state index >= 15 is 0 Å². The van der Waals surface area contributed by atoms with Gasteiger partial charge in [0.05, 0.1) is 0 Å². The number of fused-ring (bicyclic) bond motifs is 2. The minimum Gasteiger partial charge on any atom is -0.361 e. The van der Waals surface area contributed by atoms with Crippen molar-refractivity contribution in [3.63, 3.8) is 0 Å². The summed E-state index contributed by atoms with van der Waals surface area (Å²) in [4.78, 5) is 7.86. The average Bonchev–Trinajstić information content (AvgIpc) is 3.30. The van der Waals surface area contributed by atoms with E-state index < -0.39 is 0 Å². The number of guanidine groups is 1. The summed E-state index contributed by atoms with van der Waals surface area (Å²) in [5.74, 6) is 2.52. The van der Waals surface area contributed by atoms with E-state index in [1.807, 2.05) is 13.1 Å². The quantitative estimate of drug-likeness (QED) is 0.270. The van der Waals surface area contributed by atoms with Gasteiger partial charge >= 0.3 is 0 Å². The molecular formula is C20H27FIN7. The molecule has 0 atom stereocenters. The van der Waals surface area contributed by atoms with Crippen LogP contribution in [0.2, 0.25) is 0 Å². The second kappa shape index (κ2) is 10.0. The van der Waals surface area contributed by atoms with Gasteiger partial charge in [-0.3, -0.25) is 0 Å². The Bertz CT molecular complexity index is 979. The first-order chi connectivity index (χ1) is 13.7. The van der Waals surface area contributed by atoms with Crippen molar-refractivity contribution in [1.82, 2.24) is 30.4 Å². The number of nitrogens with one attached hydrogen (secondary N) is 3. The second-order valence-corrected chi connectivity index (χ2v) is 7.02. The summed E-state index contributed by atoms with van der Waals surface area (Å²) < 4.78 is 15.7. The Balaban J connectivity index is 0.00000240. The smallest absolute Gasteiger partial charge is 0.191 e. The van der Waals surface area contributed by atoms with E-state index in [4.69, 9.17) is 0 Å². The van der Waals surface area contributed by atoms with Crippen molar-refractivity contribution in [2.75, 3.05) is 13.1 Å². The first-order valence-electron chi connectivity index (χ1n) is 9.93. The standard InChI is InChI=1S/C20H26FN7.HI/c1-2-22-20(25-13-19-27-26-18-5-3-4-10-28(18)19)23-9-8-14-12-24-17-7-6-15(21)11-16(14)17;/h6-7,11-12,24H,2-5,8-10,13H2,1H3,(H2,22,23,25);1H. The van der Waals surface area contributed by atoms with Crippen molar-refractivity contribution in [3.8, 4) is 0 Å². The number of nitrogens with zero attached hydrogens (tertiary/aromatic N) is 4. The molecule has 0 saturated carbocycles. The number of H-pyrrole nitrogens is 1. The van der Waals surface area contributed by atoms with Gasteiger partial charge in [0, 0.05) is 43.2 Å². The highest BCUT2D eigenvalue weighted by Gasteiger charge is 2.15. The summed E-state index contributed by atoms with van der Waals surface area (Å²) in [6, 6.07) is 4.82. The third kappa shape index (κ3) is 5.06. The van der Waals surface area contributed by atoms with Crippen molar-refractivity contribution in [2.24, 2.45) is 4.99 Å². The van der Waals surface area contributed by atoms with Crippen LogP contribution in [0.25, 0.3) is 10.9 Å². The number of hydrogen-bond acceptors (Lipinski definition) is 3. The molecule has 29 heavy (non-hydrogen) atoms. The SMILES string of the molecule is CCNC(=NCc1nnc2n1CCCC2)NCCc1c[nH]c2ccc(F)cc12.I. The third-order valence-electron chi connectivity index (χ3n) is 5.08. The lowest BCUT2D eigenvalue weighted by Gasteiger charge is -2.14. The zero-order valence-corrected chi connectivity index (χ0v) is 18.9. The van der Waals surface area contributed by atoms with Crippen molar-refractivity contribution >= 4 is 40.8 Å². The van der Waals surface area contributed by atoms with Gasteiger partial charge in [-0.25, -0.2) is 9.38 Å². The molecule has 2 aromatic heterocycles. The maximum absolute atomic E-state index is 13.5. The van der Waals surface area contributed by atoms with Gasteiger partial charge in [-0.2, -0.15) is 0 Å². The van der Waals surface area contributed by atoms with Gasteiger partial charge in [0.15, 0.2) is 11.8 Å². The van der Waals surface area contributed by atoms with Crippen LogP contribution >= 0.6 is 24.0 Å². The summed E-state index contributed by atoms with van der Waals surface area (Å²) >= 11 is 0. The molecule has 156 valence electrons. The first kappa shape index (κ1) is 21.5. The Hall–Kier alpha value is -2.17. The molecule has 0 radical (unpaired) electrons. The number of aryl methyl sites for hydroxylation is 1. The molecule has 1 aromatic carbocycles. The number of aromatic nitrogens is 4. The lowest BCUT2D eigenvalue weighted by Crippen LogP contribution is -2.38. The Morgan fingerprint density at radius 1 is 1.28 bits per heavy atom. The first-order valence-corrected chi connectivity index (χ1v) is 9.93. The molecule has 0 spiro atoms. The van der Waals surface area contributed by atoms with Crippen LogP contribution in [-0.4, -0.2) is 38.8 Å². The van der Waals surface area contributed by atoms with Gasteiger partial charge in [-0.15, -0.1) is 34.2 Å². The highest BCUT2D eigenvalue weighted by molar-refractivity contribution is 14.0. The lowest BCUT2D eigenvalue weighted by atomic mass is 10.1. The highest BCUT2D eigenvalue weighted by Crippen LogP contribution is 2.19. The van der Waals surface area contributed by atoms with E-state index in [0.717, 1.165) is 60.0 Å². The molecule has 0 saturated heterocycles. The van der Waals surface area contributed by atoms with Crippen LogP contribution in [0.5, 0.6) is 0 Å². The Labute approximate surface area is 186 Å². The summed E-state index contributed by atoms with van der Waals surface area (Å²) in [6.07, 6.45) is 6.07. The van der Waals surface area contributed by atoms with Crippen LogP contribution in [0.15, 0.2) is 29.4 Å². The monoisotopic (exact) mass is 511 g/mol. The lowest BCUT2D eigenvalue weighted by molar-refractivity contribution is 0.508. The summed E-state index contributed by atoms with van der Waals surface area (Å²) in [7, 11) is 0. The second-order valence-electron chi connectivity index (χ2n) is 7.02. The van der Waals surface area contributed by atoms with E-state index in [0.29, 0.717) is 13.1 Å². The number of aromatic amines is 1. The van der Waals surface area contributed by atoms with Crippen molar-refractivity contribution in [2.45, 2.75) is 45.7 Å².